The number of morpholine rings is 1. The molecule has 1 aliphatic rings. The second-order valence-electron chi connectivity index (χ2n) is 4.32. The van der Waals surface area contributed by atoms with Crippen molar-refractivity contribution in [2.75, 3.05) is 26.7 Å². The van der Waals surface area contributed by atoms with Crippen LogP contribution >= 0.6 is 0 Å². The van der Waals surface area contributed by atoms with Gasteiger partial charge in [0, 0.05) is 25.2 Å². The second kappa shape index (κ2) is 5.48. The van der Waals surface area contributed by atoms with E-state index >= 15 is 0 Å². The molecule has 0 saturated carbocycles. The van der Waals surface area contributed by atoms with Crippen LogP contribution in [0.2, 0.25) is 0 Å². The van der Waals surface area contributed by atoms with Gasteiger partial charge in [0.25, 0.3) is 0 Å². The van der Waals surface area contributed by atoms with E-state index in [1.807, 2.05) is 13.1 Å². The van der Waals surface area contributed by atoms with Crippen molar-refractivity contribution in [1.82, 2.24) is 10.2 Å². The summed E-state index contributed by atoms with van der Waals surface area (Å²) in [7, 11) is 1.95. The molecule has 0 bridgehead atoms. The maximum atomic E-state index is 5.53. The quantitative estimate of drug-likeness (QED) is 0.834. The molecular weight excluding hydrogens is 204 g/mol. The number of furan rings is 1. The molecule has 1 unspecified atom stereocenters. The summed E-state index contributed by atoms with van der Waals surface area (Å²) in [6.45, 7) is 6.67. The maximum Gasteiger partial charge on any atom is 0.122 e. The van der Waals surface area contributed by atoms with Gasteiger partial charge >= 0.3 is 0 Å². The van der Waals surface area contributed by atoms with Gasteiger partial charge in [-0.3, -0.25) is 4.90 Å². The molecule has 2 rings (SSSR count). The molecule has 0 amide bonds. The average Bonchev–Trinajstić information content (AvgIpc) is 2.66. The first-order valence-electron chi connectivity index (χ1n) is 5.83. The predicted molar refractivity (Wildman–Crippen MR) is 62.2 cm³/mol. The molecule has 1 aromatic rings. The number of nitrogens with one attached hydrogen (secondary N) is 1. The van der Waals surface area contributed by atoms with Crippen molar-refractivity contribution < 1.29 is 9.15 Å². The number of ether oxygens (including phenoxy) is 1. The largest absolute Gasteiger partial charge is 0.468 e. The van der Waals surface area contributed by atoms with Crippen LogP contribution in [-0.2, 0) is 17.8 Å². The summed E-state index contributed by atoms with van der Waals surface area (Å²) < 4.78 is 11.1. The van der Waals surface area contributed by atoms with Gasteiger partial charge < -0.3 is 14.5 Å². The zero-order valence-electron chi connectivity index (χ0n) is 10.0. The Morgan fingerprint density at radius 1 is 1.56 bits per heavy atom. The molecule has 1 saturated heterocycles. The van der Waals surface area contributed by atoms with Crippen LogP contribution in [0.25, 0.3) is 0 Å². The first-order valence-corrected chi connectivity index (χ1v) is 5.83. The van der Waals surface area contributed by atoms with Crippen molar-refractivity contribution >= 4 is 0 Å². The summed E-state index contributed by atoms with van der Waals surface area (Å²) >= 11 is 0. The Balaban J connectivity index is 1.94. The molecule has 4 heteroatoms. The van der Waals surface area contributed by atoms with E-state index in [1.54, 1.807) is 6.26 Å². The Kier molecular flexibility index (Phi) is 3.98. The van der Waals surface area contributed by atoms with Gasteiger partial charge in [0.2, 0.25) is 0 Å². The zero-order chi connectivity index (χ0) is 11.4. The molecule has 16 heavy (non-hydrogen) atoms. The summed E-state index contributed by atoms with van der Waals surface area (Å²) in [4.78, 5) is 2.38. The molecule has 1 N–H and O–H groups in total. The summed E-state index contributed by atoms with van der Waals surface area (Å²) in [5, 5.41) is 3.15. The topological polar surface area (TPSA) is 37.6 Å². The molecule has 1 fully saturated rings. The number of hydrogen-bond donors (Lipinski definition) is 1. The molecule has 1 aliphatic heterocycles. The van der Waals surface area contributed by atoms with E-state index in [0.717, 1.165) is 38.5 Å². The van der Waals surface area contributed by atoms with E-state index in [1.165, 1.54) is 5.56 Å². The van der Waals surface area contributed by atoms with Crippen molar-refractivity contribution in [1.29, 1.82) is 0 Å². The van der Waals surface area contributed by atoms with Gasteiger partial charge in [0.15, 0.2) is 0 Å². The Morgan fingerprint density at radius 3 is 3.19 bits per heavy atom. The Hall–Kier alpha value is -0.840. The van der Waals surface area contributed by atoms with Crippen LogP contribution in [0.1, 0.15) is 18.2 Å². The van der Waals surface area contributed by atoms with Crippen LogP contribution in [0.3, 0.4) is 0 Å². The highest BCUT2D eigenvalue weighted by Crippen LogP contribution is 2.15. The van der Waals surface area contributed by atoms with Crippen molar-refractivity contribution in [3.63, 3.8) is 0 Å². The van der Waals surface area contributed by atoms with E-state index in [0.29, 0.717) is 6.10 Å². The molecule has 1 aromatic heterocycles. The van der Waals surface area contributed by atoms with E-state index in [-0.39, 0.29) is 0 Å². The minimum absolute atomic E-state index is 0.330. The van der Waals surface area contributed by atoms with Gasteiger partial charge in [0.1, 0.15) is 5.76 Å². The van der Waals surface area contributed by atoms with Crippen LogP contribution in [0.15, 0.2) is 16.7 Å². The molecule has 2 heterocycles. The molecular formula is C12H20N2O2. The number of nitrogens with zero attached hydrogens (tertiary/aromatic N) is 1. The molecule has 90 valence electrons. The zero-order valence-corrected chi connectivity index (χ0v) is 10.0. The standard InChI is InChI=1S/C12H20N2O2/c1-10-8-14(4-6-15-10)9-12-11(7-13-2)3-5-16-12/h3,5,10,13H,4,6-9H2,1-2H3. The third-order valence-corrected chi connectivity index (χ3v) is 2.90. The Bertz CT molecular complexity index is 325. The molecule has 0 radical (unpaired) electrons. The lowest BCUT2D eigenvalue weighted by Crippen LogP contribution is -2.40. The third kappa shape index (κ3) is 2.84. The lowest BCUT2D eigenvalue weighted by molar-refractivity contribution is -0.0232. The highest BCUT2D eigenvalue weighted by molar-refractivity contribution is 5.16. The molecule has 0 aliphatic carbocycles. The van der Waals surface area contributed by atoms with Gasteiger partial charge in [-0.2, -0.15) is 0 Å². The van der Waals surface area contributed by atoms with Gasteiger partial charge in [-0.25, -0.2) is 0 Å². The van der Waals surface area contributed by atoms with Crippen molar-refractivity contribution in [3.8, 4) is 0 Å². The normalized spacial score (nSPS) is 22.5. The van der Waals surface area contributed by atoms with Crippen LogP contribution in [0, 0.1) is 0 Å². The smallest absolute Gasteiger partial charge is 0.122 e. The van der Waals surface area contributed by atoms with E-state index in [2.05, 4.69) is 17.1 Å². The highest BCUT2D eigenvalue weighted by atomic mass is 16.5. The fourth-order valence-electron chi connectivity index (χ4n) is 2.09. The van der Waals surface area contributed by atoms with Crippen molar-refractivity contribution in [2.45, 2.75) is 26.1 Å². The molecule has 1 atom stereocenters. The first-order chi connectivity index (χ1) is 7.79. The lowest BCUT2D eigenvalue weighted by Gasteiger charge is -2.30. The van der Waals surface area contributed by atoms with Crippen molar-refractivity contribution in [3.05, 3.63) is 23.7 Å². The minimum atomic E-state index is 0.330. The average molecular weight is 224 g/mol. The fraction of sp³-hybridized carbons (Fsp3) is 0.667. The molecule has 0 spiro atoms. The van der Waals surface area contributed by atoms with Crippen LogP contribution in [-0.4, -0.2) is 37.7 Å². The van der Waals surface area contributed by atoms with E-state index in [9.17, 15) is 0 Å². The summed E-state index contributed by atoms with van der Waals surface area (Å²) in [6.07, 6.45) is 2.10. The van der Waals surface area contributed by atoms with Gasteiger partial charge in [0.05, 0.1) is 25.5 Å². The van der Waals surface area contributed by atoms with Gasteiger partial charge in [-0.1, -0.05) is 0 Å². The van der Waals surface area contributed by atoms with E-state index in [4.69, 9.17) is 9.15 Å². The Labute approximate surface area is 96.6 Å². The van der Waals surface area contributed by atoms with Gasteiger partial charge in [-0.15, -0.1) is 0 Å². The number of rotatable bonds is 4. The second-order valence-corrected chi connectivity index (χ2v) is 4.32. The van der Waals surface area contributed by atoms with Crippen LogP contribution in [0.4, 0.5) is 0 Å². The van der Waals surface area contributed by atoms with Crippen LogP contribution in [0.5, 0.6) is 0 Å². The molecule has 4 nitrogen and oxygen atoms in total. The maximum absolute atomic E-state index is 5.53. The van der Waals surface area contributed by atoms with Crippen LogP contribution < -0.4 is 5.32 Å². The molecule has 0 aromatic carbocycles. The summed E-state index contributed by atoms with van der Waals surface area (Å²) in [5.41, 5.74) is 1.25. The van der Waals surface area contributed by atoms with Crippen molar-refractivity contribution in [2.24, 2.45) is 0 Å². The highest BCUT2D eigenvalue weighted by Gasteiger charge is 2.18. The predicted octanol–water partition coefficient (Wildman–Crippen LogP) is 1.22. The fourth-order valence-corrected chi connectivity index (χ4v) is 2.09. The lowest BCUT2D eigenvalue weighted by atomic mass is 10.2. The minimum Gasteiger partial charge on any atom is -0.468 e. The van der Waals surface area contributed by atoms with Gasteiger partial charge in [-0.05, 0) is 20.0 Å². The number of hydrogen-bond acceptors (Lipinski definition) is 4. The SMILES string of the molecule is CNCc1ccoc1CN1CCOC(C)C1. The summed E-state index contributed by atoms with van der Waals surface area (Å²) in [5.74, 6) is 1.07. The third-order valence-electron chi connectivity index (χ3n) is 2.90. The Morgan fingerprint density at radius 2 is 2.44 bits per heavy atom. The monoisotopic (exact) mass is 224 g/mol. The van der Waals surface area contributed by atoms with E-state index < -0.39 is 0 Å². The first kappa shape index (κ1) is 11.6. The summed E-state index contributed by atoms with van der Waals surface area (Å²) in [6, 6.07) is 2.04.